The lowest BCUT2D eigenvalue weighted by atomic mass is 10.5. The van der Waals surface area contributed by atoms with Crippen LogP contribution in [0.4, 0.5) is 5.82 Å². The van der Waals surface area contributed by atoms with Gasteiger partial charge in [0.2, 0.25) is 0 Å². The molecule has 12 heavy (non-hydrogen) atoms. The summed E-state index contributed by atoms with van der Waals surface area (Å²) in [5.41, 5.74) is 0. The fraction of sp³-hybridized carbons (Fsp3) is 0.143. The summed E-state index contributed by atoms with van der Waals surface area (Å²) in [5.74, 6) is -0.840. The van der Waals surface area contributed by atoms with Gasteiger partial charge in [0.1, 0.15) is 5.82 Å². The Morgan fingerprint density at radius 2 is 2.17 bits per heavy atom. The molecule has 3 N–H and O–H groups in total. The predicted octanol–water partition coefficient (Wildman–Crippen LogP) is -0.301. The normalized spacial score (nSPS) is 9.08. The second-order valence-electron chi connectivity index (χ2n) is 2.12. The van der Waals surface area contributed by atoms with Crippen LogP contribution in [0.2, 0.25) is 0 Å². The Labute approximate surface area is 69.2 Å². The first-order valence-corrected chi connectivity index (χ1v) is 3.40. The first-order chi connectivity index (χ1) is 5.74. The fourth-order valence-electron chi connectivity index (χ4n) is 0.701. The van der Waals surface area contributed by atoms with E-state index < -0.39 is 11.8 Å². The molecule has 0 radical (unpaired) electrons. The van der Waals surface area contributed by atoms with Gasteiger partial charge in [0.15, 0.2) is 0 Å². The smallest absolute Gasteiger partial charge is 0.314 e. The van der Waals surface area contributed by atoms with Crippen molar-refractivity contribution in [1.29, 1.82) is 0 Å². The Morgan fingerprint density at radius 3 is 2.67 bits per heavy atom. The molecular formula is C7H9N3O2. The highest BCUT2D eigenvalue weighted by atomic mass is 16.2. The van der Waals surface area contributed by atoms with Crippen LogP contribution in [0.3, 0.4) is 0 Å². The summed E-state index contributed by atoms with van der Waals surface area (Å²) in [6.45, 7) is 0. The van der Waals surface area contributed by atoms with Crippen LogP contribution in [0.1, 0.15) is 0 Å². The average molecular weight is 167 g/mol. The van der Waals surface area contributed by atoms with Crippen molar-refractivity contribution in [3.8, 4) is 0 Å². The minimum absolute atomic E-state index is 0.503. The van der Waals surface area contributed by atoms with Crippen LogP contribution in [-0.4, -0.2) is 23.8 Å². The van der Waals surface area contributed by atoms with Gasteiger partial charge in [0.05, 0.1) is 0 Å². The van der Waals surface area contributed by atoms with Crippen molar-refractivity contribution in [2.45, 2.75) is 0 Å². The fourth-order valence-corrected chi connectivity index (χ4v) is 0.701. The van der Waals surface area contributed by atoms with Gasteiger partial charge in [-0.2, -0.15) is 0 Å². The van der Waals surface area contributed by atoms with Crippen molar-refractivity contribution in [2.24, 2.45) is 0 Å². The van der Waals surface area contributed by atoms with Gasteiger partial charge < -0.3 is 15.6 Å². The molecule has 1 aromatic heterocycles. The molecule has 5 heteroatoms. The molecule has 2 amide bonds. The zero-order valence-electron chi connectivity index (χ0n) is 6.55. The SMILES string of the molecule is CNC(=O)C(=O)Nc1ccc[nH]1. The highest BCUT2D eigenvalue weighted by Gasteiger charge is 2.10. The van der Waals surface area contributed by atoms with Crippen LogP contribution >= 0.6 is 0 Å². The number of anilines is 1. The summed E-state index contributed by atoms with van der Waals surface area (Å²) in [5, 5.41) is 4.58. The Kier molecular flexibility index (Phi) is 2.47. The average Bonchev–Trinajstić information content (AvgIpc) is 2.55. The number of aromatic nitrogens is 1. The van der Waals surface area contributed by atoms with Crippen molar-refractivity contribution in [2.75, 3.05) is 12.4 Å². The van der Waals surface area contributed by atoms with Gasteiger partial charge in [0, 0.05) is 13.2 Å². The molecule has 0 spiro atoms. The lowest BCUT2D eigenvalue weighted by Crippen LogP contribution is -2.32. The lowest BCUT2D eigenvalue weighted by molar-refractivity contribution is -0.135. The van der Waals surface area contributed by atoms with Gasteiger partial charge in [-0.15, -0.1) is 0 Å². The van der Waals surface area contributed by atoms with E-state index in [-0.39, 0.29) is 0 Å². The number of hydrogen-bond donors (Lipinski definition) is 3. The molecule has 1 heterocycles. The van der Waals surface area contributed by atoms with Crippen LogP contribution in [0, 0.1) is 0 Å². The third kappa shape index (κ3) is 1.85. The van der Waals surface area contributed by atoms with E-state index in [9.17, 15) is 9.59 Å². The minimum atomic E-state index is -0.681. The van der Waals surface area contributed by atoms with Crippen LogP contribution in [0.5, 0.6) is 0 Å². The number of amides is 2. The number of nitrogens with one attached hydrogen (secondary N) is 3. The Morgan fingerprint density at radius 1 is 1.42 bits per heavy atom. The lowest BCUT2D eigenvalue weighted by Gasteiger charge is -1.99. The first-order valence-electron chi connectivity index (χ1n) is 3.40. The third-order valence-corrected chi connectivity index (χ3v) is 1.28. The molecule has 0 bridgehead atoms. The van der Waals surface area contributed by atoms with Gasteiger partial charge in [-0.1, -0.05) is 0 Å². The summed E-state index contributed by atoms with van der Waals surface area (Å²) >= 11 is 0. The molecule has 0 fully saturated rings. The van der Waals surface area contributed by atoms with E-state index in [4.69, 9.17) is 0 Å². The zero-order chi connectivity index (χ0) is 8.97. The predicted molar refractivity (Wildman–Crippen MR) is 43.5 cm³/mol. The highest BCUT2D eigenvalue weighted by molar-refractivity contribution is 6.39. The van der Waals surface area contributed by atoms with Crippen molar-refractivity contribution in [3.63, 3.8) is 0 Å². The largest absolute Gasteiger partial charge is 0.351 e. The van der Waals surface area contributed by atoms with E-state index in [1.807, 2.05) is 0 Å². The first kappa shape index (κ1) is 8.32. The van der Waals surface area contributed by atoms with Crippen molar-refractivity contribution in [3.05, 3.63) is 18.3 Å². The zero-order valence-corrected chi connectivity index (χ0v) is 6.55. The molecular weight excluding hydrogens is 158 g/mol. The number of aromatic amines is 1. The molecule has 0 atom stereocenters. The number of likely N-dealkylation sites (N-methyl/N-ethyl adjacent to an activating group) is 1. The molecule has 0 aliphatic carbocycles. The molecule has 0 aliphatic rings. The third-order valence-electron chi connectivity index (χ3n) is 1.28. The number of hydrogen-bond acceptors (Lipinski definition) is 2. The van der Waals surface area contributed by atoms with Crippen LogP contribution < -0.4 is 10.6 Å². The van der Waals surface area contributed by atoms with Crippen LogP contribution in [0.25, 0.3) is 0 Å². The van der Waals surface area contributed by atoms with Crippen molar-refractivity contribution < 1.29 is 9.59 Å². The Hall–Kier alpha value is -1.78. The molecule has 64 valence electrons. The topological polar surface area (TPSA) is 74.0 Å². The summed E-state index contributed by atoms with van der Waals surface area (Å²) < 4.78 is 0. The minimum Gasteiger partial charge on any atom is -0.351 e. The molecule has 5 nitrogen and oxygen atoms in total. The van der Waals surface area contributed by atoms with Gasteiger partial charge in [-0.05, 0) is 12.1 Å². The molecule has 0 unspecified atom stereocenters. The molecule has 1 rings (SSSR count). The van der Waals surface area contributed by atoms with Gasteiger partial charge in [-0.25, -0.2) is 0 Å². The maximum atomic E-state index is 10.9. The summed E-state index contributed by atoms with van der Waals surface area (Å²) in [6, 6.07) is 3.38. The number of carbonyl (C=O) groups excluding carboxylic acids is 2. The monoisotopic (exact) mass is 167 g/mol. The number of rotatable bonds is 1. The maximum Gasteiger partial charge on any atom is 0.314 e. The molecule has 0 aliphatic heterocycles. The van der Waals surface area contributed by atoms with Crippen LogP contribution in [0.15, 0.2) is 18.3 Å². The van der Waals surface area contributed by atoms with E-state index in [0.717, 1.165) is 0 Å². The van der Waals surface area contributed by atoms with Gasteiger partial charge >= 0.3 is 11.8 Å². The summed E-state index contributed by atoms with van der Waals surface area (Å²) in [6.07, 6.45) is 1.65. The van der Waals surface area contributed by atoms with E-state index >= 15 is 0 Å². The summed E-state index contributed by atoms with van der Waals surface area (Å²) in [4.78, 5) is 24.3. The molecule has 0 saturated heterocycles. The van der Waals surface area contributed by atoms with E-state index in [0.29, 0.717) is 5.82 Å². The summed E-state index contributed by atoms with van der Waals surface area (Å²) in [7, 11) is 1.40. The van der Waals surface area contributed by atoms with E-state index in [1.54, 1.807) is 18.3 Å². The molecule has 0 aromatic carbocycles. The number of H-pyrrole nitrogens is 1. The van der Waals surface area contributed by atoms with Crippen molar-refractivity contribution in [1.82, 2.24) is 10.3 Å². The quantitative estimate of drug-likeness (QED) is 0.502. The second kappa shape index (κ2) is 3.56. The van der Waals surface area contributed by atoms with E-state index in [1.165, 1.54) is 7.05 Å². The van der Waals surface area contributed by atoms with E-state index in [2.05, 4.69) is 15.6 Å². The standard InChI is InChI=1S/C7H9N3O2/c1-8-6(11)7(12)10-5-3-2-4-9-5/h2-4,9H,1H3,(H,8,11)(H,10,12). The van der Waals surface area contributed by atoms with Crippen molar-refractivity contribution >= 4 is 17.6 Å². The van der Waals surface area contributed by atoms with Gasteiger partial charge in [0.25, 0.3) is 0 Å². The maximum absolute atomic E-state index is 10.9. The Bertz CT molecular complexity index is 279. The second-order valence-corrected chi connectivity index (χ2v) is 2.12. The molecule has 1 aromatic rings. The van der Waals surface area contributed by atoms with Crippen LogP contribution in [-0.2, 0) is 9.59 Å². The Balaban J connectivity index is 2.53. The van der Waals surface area contributed by atoms with Gasteiger partial charge in [-0.3, -0.25) is 9.59 Å². The highest BCUT2D eigenvalue weighted by Crippen LogP contribution is 1.99. The number of carbonyl (C=O) groups is 2. The molecule has 0 saturated carbocycles.